The van der Waals surface area contributed by atoms with Crippen LogP contribution < -0.4 is 0 Å². The molecule has 1 saturated heterocycles. The summed E-state index contributed by atoms with van der Waals surface area (Å²) in [5.41, 5.74) is -0.0877. The second-order valence-electron chi connectivity index (χ2n) is 7.45. The van der Waals surface area contributed by atoms with Crippen molar-refractivity contribution in [2.45, 2.75) is 65.3 Å². The van der Waals surface area contributed by atoms with E-state index in [4.69, 9.17) is 14.0 Å². The Kier molecular flexibility index (Phi) is 5.89. The van der Waals surface area contributed by atoms with Crippen molar-refractivity contribution >= 4 is 12.7 Å². The molecule has 0 bridgehead atoms. The molecule has 0 amide bonds. The fourth-order valence-corrected chi connectivity index (χ4v) is 2.53. The summed E-state index contributed by atoms with van der Waals surface area (Å²) in [4.78, 5) is 0. The highest BCUT2D eigenvalue weighted by molar-refractivity contribution is 6.55. The predicted molar refractivity (Wildman–Crippen MR) is 96.3 cm³/mol. The minimum atomic E-state index is -0.982. The second-order valence-corrected chi connectivity index (χ2v) is 7.45. The number of benzene rings is 1. The van der Waals surface area contributed by atoms with Gasteiger partial charge in [0.25, 0.3) is 0 Å². The minimum Gasteiger partial charge on any atom is -0.398 e. The van der Waals surface area contributed by atoms with Gasteiger partial charge in [0.05, 0.1) is 23.9 Å². The van der Waals surface area contributed by atoms with Crippen molar-refractivity contribution in [2.24, 2.45) is 0 Å². The third-order valence-electron chi connectivity index (χ3n) is 4.67. The number of halogens is 1. The molecule has 3 nitrogen and oxygen atoms in total. The Morgan fingerprint density at radius 2 is 1.62 bits per heavy atom. The molecule has 2 rings (SSSR count). The third-order valence-corrected chi connectivity index (χ3v) is 4.67. The van der Waals surface area contributed by atoms with Crippen LogP contribution in [0.3, 0.4) is 0 Å². The molecular weight excluding hydrogens is 306 g/mol. The average molecular weight is 334 g/mol. The van der Waals surface area contributed by atoms with Crippen LogP contribution in [0.25, 0.3) is 5.57 Å². The molecule has 0 spiro atoms. The molecule has 5 heteroatoms. The van der Waals surface area contributed by atoms with Crippen molar-refractivity contribution in [3.63, 3.8) is 0 Å². The summed E-state index contributed by atoms with van der Waals surface area (Å²) in [6.07, 6.45) is 0.583. The Bertz CT molecular complexity index is 566. The summed E-state index contributed by atoms with van der Waals surface area (Å²) in [5.74, 6) is 0. The predicted octanol–water partition coefficient (Wildman–Crippen LogP) is 4.81. The lowest BCUT2D eigenvalue weighted by atomic mass is 9.82. The van der Waals surface area contributed by atoms with Crippen LogP contribution in [0.15, 0.2) is 36.1 Å². The maximum atomic E-state index is 15.2. The zero-order valence-electron chi connectivity index (χ0n) is 15.6. The maximum Gasteiger partial charge on any atom is 0.525 e. The standard InChI is InChI=1S/C19H28BFO3/c1-14(2)22-13-12-16(15-10-8-7-9-11-15)17(21)20-23-18(3,4)19(5,6)24-20/h7-11,14H,12-13H2,1-6H3. The molecule has 1 aromatic carbocycles. The zero-order valence-corrected chi connectivity index (χ0v) is 15.6. The third kappa shape index (κ3) is 4.27. The number of rotatable bonds is 6. The summed E-state index contributed by atoms with van der Waals surface area (Å²) in [7, 11) is -0.982. The van der Waals surface area contributed by atoms with Crippen LogP contribution in [0.4, 0.5) is 4.39 Å². The summed E-state index contributed by atoms with van der Waals surface area (Å²) >= 11 is 0. The molecule has 0 aromatic heterocycles. The topological polar surface area (TPSA) is 27.7 Å². The molecule has 0 atom stereocenters. The average Bonchev–Trinajstić information content (AvgIpc) is 2.72. The van der Waals surface area contributed by atoms with Crippen LogP contribution in [0.5, 0.6) is 0 Å². The highest BCUT2D eigenvalue weighted by atomic mass is 19.1. The summed E-state index contributed by atoms with van der Waals surface area (Å²) in [6.45, 7) is 12.1. The molecule has 1 aliphatic heterocycles. The van der Waals surface area contributed by atoms with E-state index in [1.165, 1.54) is 0 Å². The first-order chi connectivity index (χ1) is 11.1. The van der Waals surface area contributed by atoms with Gasteiger partial charge in [-0.05, 0) is 59.1 Å². The lowest BCUT2D eigenvalue weighted by molar-refractivity contribution is 0.00578. The minimum absolute atomic E-state index is 0.113. The fraction of sp³-hybridized carbons (Fsp3) is 0.579. The molecule has 24 heavy (non-hydrogen) atoms. The highest BCUT2D eigenvalue weighted by Crippen LogP contribution is 2.40. The first kappa shape index (κ1) is 19.2. The SMILES string of the molecule is CC(C)OCCC(=C(F)B1OC(C)(C)C(C)(C)O1)c1ccccc1. The van der Waals surface area contributed by atoms with E-state index in [2.05, 4.69) is 0 Å². The van der Waals surface area contributed by atoms with E-state index in [-0.39, 0.29) is 11.8 Å². The van der Waals surface area contributed by atoms with E-state index < -0.39 is 18.3 Å². The fourth-order valence-electron chi connectivity index (χ4n) is 2.53. The van der Waals surface area contributed by atoms with Crippen molar-refractivity contribution in [2.75, 3.05) is 6.61 Å². The molecule has 0 N–H and O–H groups in total. The van der Waals surface area contributed by atoms with E-state index in [9.17, 15) is 0 Å². The van der Waals surface area contributed by atoms with Crippen molar-refractivity contribution in [3.8, 4) is 0 Å². The van der Waals surface area contributed by atoms with E-state index in [0.717, 1.165) is 5.56 Å². The highest BCUT2D eigenvalue weighted by Gasteiger charge is 2.53. The quantitative estimate of drug-likeness (QED) is 0.699. The van der Waals surface area contributed by atoms with Crippen molar-refractivity contribution in [1.82, 2.24) is 0 Å². The van der Waals surface area contributed by atoms with Gasteiger partial charge in [-0.15, -0.1) is 0 Å². The largest absolute Gasteiger partial charge is 0.525 e. The van der Waals surface area contributed by atoms with E-state index in [1.54, 1.807) is 0 Å². The lowest BCUT2D eigenvalue weighted by Gasteiger charge is -2.32. The van der Waals surface area contributed by atoms with Gasteiger partial charge >= 0.3 is 7.12 Å². The number of hydrogen-bond acceptors (Lipinski definition) is 3. The van der Waals surface area contributed by atoms with Gasteiger partial charge in [0.1, 0.15) is 5.73 Å². The Morgan fingerprint density at radius 3 is 2.12 bits per heavy atom. The van der Waals surface area contributed by atoms with Crippen LogP contribution in [-0.4, -0.2) is 31.0 Å². The molecule has 0 radical (unpaired) electrons. The molecule has 1 aromatic rings. The Morgan fingerprint density at radius 1 is 1.08 bits per heavy atom. The molecule has 0 aliphatic carbocycles. The van der Waals surface area contributed by atoms with Crippen molar-refractivity contribution < 1.29 is 18.4 Å². The first-order valence-electron chi connectivity index (χ1n) is 8.55. The van der Waals surface area contributed by atoms with Crippen molar-refractivity contribution in [3.05, 3.63) is 41.6 Å². The molecule has 132 valence electrons. The van der Waals surface area contributed by atoms with Gasteiger partial charge in [-0.3, -0.25) is 0 Å². The van der Waals surface area contributed by atoms with Crippen LogP contribution in [0, 0.1) is 0 Å². The molecule has 1 heterocycles. The van der Waals surface area contributed by atoms with Gasteiger partial charge in [0.2, 0.25) is 0 Å². The van der Waals surface area contributed by atoms with Crippen LogP contribution in [0.2, 0.25) is 0 Å². The van der Waals surface area contributed by atoms with Crippen LogP contribution in [-0.2, 0) is 14.0 Å². The van der Waals surface area contributed by atoms with Crippen LogP contribution in [0.1, 0.15) is 53.5 Å². The van der Waals surface area contributed by atoms with Gasteiger partial charge in [-0.2, -0.15) is 0 Å². The maximum absolute atomic E-state index is 15.2. The normalized spacial score (nSPS) is 20.4. The first-order valence-corrected chi connectivity index (χ1v) is 8.55. The molecule has 0 unspecified atom stereocenters. The smallest absolute Gasteiger partial charge is 0.398 e. The van der Waals surface area contributed by atoms with E-state index in [0.29, 0.717) is 18.6 Å². The molecule has 1 fully saturated rings. The molecule has 0 saturated carbocycles. The Labute approximate surface area is 145 Å². The Hall–Kier alpha value is -1.17. The monoisotopic (exact) mass is 334 g/mol. The van der Waals surface area contributed by atoms with Gasteiger partial charge in [-0.1, -0.05) is 30.3 Å². The van der Waals surface area contributed by atoms with Gasteiger partial charge in [0, 0.05) is 0 Å². The molecular formula is C19H28BFO3. The van der Waals surface area contributed by atoms with Crippen LogP contribution >= 0.6 is 0 Å². The van der Waals surface area contributed by atoms with E-state index >= 15 is 4.39 Å². The van der Waals surface area contributed by atoms with Gasteiger partial charge in [-0.25, -0.2) is 4.39 Å². The summed E-state index contributed by atoms with van der Waals surface area (Å²) in [6, 6.07) is 9.51. The number of hydrogen-bond donors (Lipinski definition) is 0. The van der Waals surface area contributed by atoms with Gasteiger partial charge < -0.3 is 14.0 Å². The second kappa shape index (κ2) is 7.38. The number of ether oxygens (including phenoxy) is 1. The van der Waals surface area contributed by atoms with E-state index in [1.807, 2.05) is 71.9 Å². The lowest BCUT2D eigenvalue weighted by Crippen LogP contribution is -2.41. The zero-order chi connectivity index (χ0) is 18.0. The Balaban J connectivity index is 2.29. The summed E-state index contributed by atoms with van der Waals surface area (Å²) < 4.78 is 32.6. The molecule has 1 aliphatic rings. The van der Waals surface area contributed by atoms with Crippen molar-refractivity contribution in [1.29, 1.82) is 0 Å². The van der Waals surface area contributed by atoms with Gasteiger partial charge in [0.15, 0.2) is 0 Å². The summed E-state index contributed by atoms with van der Waals surface area (Å²) in [5, 5.41) is 0.